The maximum Gasteiger partial charge on any atom is 0.416 e. The van der Waals surface area contributed by atoms with Crippen molar-refractivity contribution < 1.29 is 40.3 Å². The van der Waals surface area contributed by atoms with E-state index in [2.05, 4.69) is 4.90 Å². The summed E-state index contributed by atoms with van der Waals surface area (Å²) in [5, 5.41) is 0. The molecule has 0 aromatic heterocycles. The van der Waals surface area contributed by atoms with Gasteiger partial charge in [0.1, 0.15) is 5.82 Å². The van der Waals surface area contributed by atoms with Crippen LogP contribution in [0.15, 0.2) is 42.5 Å². The van der Waals surface area contributed by atoms with E-state index in [9.17, 15) is 40.3 Å². The van der Waals surface area contributed by atoms with Crippen LogP contribution in [-0.2, 0) is 17.1 Å². The SMILES string of the molecule is CC(=O)N1CCN(C2CCN(C(=O)N(C)C(C)c3cc(C(F)(F)F)cc(C(F)(F)F)c3)C(c3ccc(F)cc3)C2)CC1. The largest absolute Gasteiger partial charge is 0.416 e. The summed E-state index contributed by atoms with van der Waals surface area (Å²) in [5.74, 6) is -0.459. The maximum atomic E-state index is 13.8. The number of piperidine rings is 1. The summed E-state index contributed by atoms with van der Waals surface area (Å²) in [5.41, 5.74) is -2.54. The van der Waals surface area contributed by atoms with Gasteiger partial charge in [-0.15, -0.1) is 0 Å². The molecule has 0 N–H and O–H groups in total. The van der Waals surface area contributed by atoms with Crippen LogP contribution in [0.4, 0.5) is 35.5 Å². The van der Waals surface area contributed by atoms with Gasteiger partial charge >= 0.3 is 18.4 Å². The molecule has 0 saturated carbocycles. The van der Waals surface area contributed by atoms with Crippen LogP contribution >= 0.6 is 0 Å². The molecule has 4 rings (SSSR count). The summed E-state index contributed by atoms with van der Waals surface area (Å²) >= 11 is 0. The molecule has 2 heterocycles. The van der Waals surface area contributed by atoms with Gasteiger partial charge in [-0.05, 0) is 61.2 Å². The van der Waals surface area contributed by atoms with Crippen LogP contribution in [-0.4, -0.2) is 77.4 Å². The first kappa shape index (κ1) is 31.6. The molecule has 0 bridgehead atoms. The Labute approximate surface area is 239 Å². The number of carbonyl (C=O) groups is 2. The van der Waals surface area contributed by atoms with E-state index in [4.69, 9.17) is 0 Å². The predicted octanol–water partition coefficient (Wildman–Crippen LogP) is 6.35. The summed E-state index contributed by atoms with van der Waals surface area (Å²) in [6, 6.07) is 4.89. The molecule has 2 aliphatic rings. The fourth-order valence-corrected chi connectivity index (χ4v) is 5.72. The van der Waals surface area contributed by atoms with Crippen molar-refractivity contribution in [1.29, 1.82) is 0 Å². The number of carbonyl (C=O) groups excluding carboxylic acids is 2. The number of urea groups is 1. The van der Waals surface area contributed by atoms with E-state index in [0.717, 1.165) is 4.90 Å². The number of hydrogen-bond donors (Lipinski definition) is 0. The number of nitrogens with zero attached hydrogens (tertiary/aromatic N) is 4. The second kappa shape index (κ2) is 12.1. The molecule has 6 nitrogen and oxygen atoms in total. The van der Waals surface area contributed by atoms with Crippen molar-refractivity contribution in [3.63, 3.8) is 0 Å². The molecule has 0 aliphatic carbocycles. The first-order chi connectivity index (χ1) is 19.6. The Balaban J connectivity index is 1.59. The third kappa shape index (κ3) is 6.99. The number of halogens is 7. The number of rotatable bonds is 4. The van der Waals surface area contributed by atoms with Gasteiger partial charge in [-0.25, -0.2) is 9.18 Å². The molecule has 0 radical (unpaired) electrons. The third-order valence-corrected chi connectivity index (χ3v) is 8.33. The van der Waals surface area contributed by atoms with Gasteiger partial charge in [0.05, 0.1) is 23.2 Å². The molecule has 2 aromatic rings. The molecule has 0 spiro atoms. The minimum Gasteiger partial charge on any atom is -0.340 e. The van der Waals surface area contributed by atoms with Crippen LogP contribution in [0.5, 0.6) is 0 Å². The number of benzene rings is 2. The van der Waals surface area contributed by atoms with Crippen molar-refractivity contribution in [2.45, 2.75) is 57.2 Å². The first-order valence-corrected chi connectivity index (χ1v) is 13.6. The zero-order valence-electron chi connectivity index (χ0n) is 23.5. The molecule has 2 saturated heterocycles. The number of likely N-dealkylation sites (tertiary alicyclic amines) is 1. The van der Waals surface area contributed by atoms with Gasteiger partial charge in [0.15, 0.2) is 0 Å². The lowest BCUT2D eigenvalue weighted by molar-refractivity contribution is -0.143. The molecule has 13 heteroatoms. The summed E-state index contributed by atoms with van der Waals surface area (Å²) in [6.07, 6.45) is -8.96. The van der Waals surface area contributed by atoms with Gasteiger partial charge in [-0.1, -0.05) is 12.1 Å². The van der Waals surface area contributed by atoms with Crippen molar-refractivity contribution in [1.82, 2.24) is 19.6 Å². The molecular formula is C29H33F7N4O2. The quantitative estimate of drug-likeness (QED) is 0.384. The van der Waals surface area contributed by atoms with Gasteiger partial charge in [0.25, 0.3) is 0 Å². The predicted molar refractivity (Wildman–Crippen MR) is 141 cm³/mol. The molecule has 3 atom stereocenters. The average molecular weight is 603 g/mol. The van der Waals surface area contributed by atoms with Gasteiger partial charge in [-0.3, -0.25) is 9.69 Å². The molecule has 42 heavy (non-hydrogen) atoms. The number of amides is 3. The smallest absolute Gasteiger partial charge is 0.340 e. The summed E-state index contributed by atoms with van der Waals surface area (Å²) in [6.45, 7) is 5.63. The molecule has 3 amide bonds. The second-order valence-corrected chi connectivity index (χ2v) is 10.9. The average Bonchev–Trinajstić information content (AvgIpc) is 2.95. The number of alkyl halides is 6. The van der Waals surface area contributed by atoms with Crippen molar-refractivity contribution in [2.75, 3.05) is 39.8 Å². The monoisotopic (exact) mass is 602 g/mol. The standard InChI is InChI=1S/C29H33F7N4O2/c1-18(21-14-22(28(31,32)33)16-23(15-21)29(34,35)36)37(3)27(42)40-9-8-25(39-12-10-38(11-13-39)19(2)41)17-26(40)20-4-6-24(30)7-5-20/h4-7,14-16,18,25-26H,8-13,17H2,1-3H3. The summed E-state index contributed by atoms with van der Waals surface area (Å²) < 4.78 is 94.5. The van der Waals surface area contributed by atoms with Gasteiger partial charge in [0.2, 0.25) is 5.91 Å². The Bertz CT molecular complexity index is 1240. The van der Waals surface area contributed by atoms with Crippen LogP contribution in [0.3, 0.4) is 0 Å². The Morgan fingerprint density at radius 3 is 1.93 bits per heavy atom. The Morgan fingerprint density at radius 1 is 0.881 bits per heavy atom. The molecular weight excluding hydrogens is 569 g/mol. The summed E-state index contributed by atoms with van der Waals surface area (Å²) in [7, 11) is 1.34. The van der Waals surface area contributed by atoms with Gasteiger partial charge in [-0.2, -0.15) is 26.3 Å². The topological polar surface area (TPSA) is 47.1 Å². The highest BCUT2D eigenvalue weighted by Gasteiger charge is 2.40. The zero-order valence-corrected chi connectivity index (χ0v) is 23.5. The minimum absolute atomic E-state index is 0.000429. The van der Waals surface area contributed by atoms with Crippen molar-refractivity contribution in [2.24, 2.45) is 0 Å². The third-order valence-electron chi connectivity index (χ3n) is 8.33. The van der Waals surface area contributed by atoms with E-state index in [1.54, 1.807) is 21.9 Å². The fourth-order valence-electron chi connectivity index (χ4n) is 5.72. The normalized spacial score (nSPS) is 21.3. The fraction of sp³-hybridized carbons (Fsp3) is 0.517. The van der Waals surface area contributed by atoms with Gasteiger partial charge in [0, 0.05) is 52.7 Å². The van der Waals surface area contributed by atoms with Crippen molar-refractivity contribution >= 4 is 11.9 Å². The number of piperazine rings is 1. The molecule has 3 unspecified atom stereocenters. The lowest BCUT2D eigenvalue weighted by Crippen LogP contribution is -2.56. The summed E-state index contributed by atoms with van der Waals surface area (Å²) in [4.78, 5) is 32.2. The Hall–Kier alpha value is -3.35. The molecule has 2 aliphatic heterocycles. The van der Waals surface area contributed by atoms with E-state index in [1.807, 2.05) is 0 Å². The Kier molecular flexibility index (Phi) is 9.10. The van der Waals surface area contributed by atoms with Crippen LogP contribution < -0.4 is 0 Å². The van der Waals surface area contributed by atoms with Crippen LogP contribution in [0.1, 0.15) is 61.0 Å². The first-order valence-electron chi connectivity index (χ1n) is 13.6. The second-order valence-electron chi connectivity index (χ2n) is 10.9. The molecule has 2 fully saturated rings. The highest BCUT2D eigenvalue weighted by Crippen LogP contribution is 2.39. The number of hydrogen-bond acceptors (Lipinski definition) is 3. The molecule has 230 valence electrons. The molecule has 2 aromatic carbocycles. The van der Waals surface area contributed by atoms with E-state index in [1.165, 1.54) is 33.0 Å². The van der Waals surface area contributed by atoms with Crippen LogP contribution in [0, 0.1) is 5.82 Å². The van der Waals surface area contributed by atoms with Gasteiger partial charge < -0.3 is 14.7 Å². The van der Waals surface area contributed by atoms with E-state index >= 15 is 0 Å². The lowest BCUT2D eigenvalue weighted by atomic mass is 9.90. The van der Waals surface area contributed by atoms with E-state index in [0.29, 0.717) is 56.7 Å². The zero-order chi connectivity index (χ0) is 31.0. The lowest BCUT2D eigenvalue weighted by Gasteiger charge is -2.47. The van der Waals surface area contributed by atoms with E-state index in [-0.39, 0.29) is 30.1 Å². The highest BCUT2D eigenvalue weighted by molar-refractivity contribution is 5.75. The van der Waals surface area contributed by atoms with Crippen LogP contribution in [0.25, 0.3) is 0 Å². The van der Waals surface area contributed by atoms with Crippen molar-refractivity contribution in [3.8, 4) is 0 Å². The van der Waals surface area contributed by atoms with Crippen molar-refractivity contribution in [3.05, 3.63) is 70.5 Å². The van der Waals surface area contributed by atoms with E-state index < -0.39 is 47.4 Å². The van der Waals surface area contributed by atoms with Crippen LogP contribution in [0.2, 0.25) is 0 Å². The Morgan fingerprint density at radius 2 is 1.43 bits per heavy atom. The minimum atomic E-state index is -5.01. The maximum absolute atomic E-state index is 13.8. The highest BCUT2D eigenvalue weighted by atomic mass is 19.4.